The summed E-state index contributed by atoms with van der Waals surface area (Å²) in [4.78, 5) is 2.37. The van der Waals surface area contributed by atoms with Gasteiger partial charge >= 0.3 is 0 Å². The second-order valence-electron chi connectivity index (χ2n) is 13.8. The highest BCUT2D eigenvalue weighted by Gasteiger charge is 2.23. The largest absolute Gasteiger partial charge is 0.456 e. The number of benzene rings is 8. The van der Waals surface area contributed by atoms with E-state index in [0.29, 0.717) is 0 Å². The van der Waals surface area contributed by atoms with Gasteiger partial charge in [0, 0.05) is 55.4 Å². The predicted molar refractivity (Wildman–Crippen MR) is 217 cm³/mol. The first kappa shape index (κ1) is 27.7. The predicted octanol–water partition coefficient (Wildman–Crippen LogP) is 13.3. The van der Waals surface area contributed by atoms with E-state index in [1.165, 1.54) is 60.3 Å². The van der Waals surface area contributed by atoms with Crippen molar-refractivity contribution in [1.82, 2.24) is 8.80 Å². The summed E-state index contributed by atoms with van der Waals surface area (Å²) in [5.41, 5.74) is 14.6. The van der Waals surface area contributed by atoms with Crippen molar-refractivity contribution < 1.29 is 4.42 Å². The molecule has 52 heavy (non-hydrogen) atoms. The van der Waals surface area contributed by atoms with Crippen LogP contribution in [0.2, 0.25) is 0 Å². The van der Waals surface area contributed by atoms with Gasteiger partial charge in [-0.1, -0.05) is 109 Å². The van der Waals surface area contributed by atoms with Gasteiger partial charge in [0.15, 0.2) is 0 Å². The minimum atomic E-state index is 0.870. The first-order valence-corrected chi connectivity index (χ1v) is 17.8. The summed E-state index contributed by atoms with van der Waals surface area (Å²) in [7, 11) is 0. The average Bonchev–Trinajstić information content (AvgIpc) is 3.86. The molecule has 0 aliphatic carbocycles. The Labute approximate surface area is 297 Å². The van der Waals surface area contributed by atoms with Gasteiger partial charge in [-0.3, -0.25) is 0 Å². The van der Waals surface area contributed by atoms with Crippen molar-refractivity contribution >= 4 is 93.6 Å². The monoisotopic (exact) mass is 663 g/mol. The van der Waals surface area contributed by atoms with Crippen LogP contribution in [0.5, 0.6) is 0 Å². The van der Waals surface area contributed by atoms with Crippen LogP contribution in [0, 0.1) is 0 Å². The normalized spacial score (nSPS) is 12.2. The van der Waals surface area contributed by atoms with E-state index < -0.39 is 0 Å². The summed E-state index contributed by atoms with van der Waals surface area (Å²) in [6, 6.07) is 63.5. The van der Waals surface area contributed by atoms with Crippen LogP contribution in [0.1, 0.15) is 0 Å². The van der Waals surface area contributed by atoms with Crippen LogP contribution >= 0.6 is 0 Å². The number of aromatic nitrogens is 2. The third kappa shape index (κ3) is 3.70. The van der Waals surface area contributed by atoms with Gasteiger partial charge < -0.3 is 18.1 Å². The molecule has 0 radical (unpaired) electrons. The van der Waals surface area contributed by atoms with Crippen molar-refractivity contribution in [2.45, 2.75) is 0 Å². The lowest BCUT2D eigenvalue weighted by Crippen LogP contribution is -2.10. The molecule has 12 rings (SSSR count). The topological polar surface area (TPSA) is 25.2 Å². The summed E-state index contributed by atoms with van der Waals surface area (Å²) in [6.07, 6.45) is 0. The maximum absolute atomic E-state index is 6.44. The van der Waals surface area contributed by atoms with E-state index >= 15 is 0 Å². The van der Waals surface area contributed by atoms with Crippen molar-refractivity contribution in [2.24, 2.45) is 0 Å². The van der Waals surface area contributed by atoms with Crippen LogP contribution in [-0.2, 0) is 0 Å². The molecule has 0 fully saturated rings. The molecule has 8 aromatic carbocycles. The second-order valence-corrected chi connectivity index (χ2v) is 13.8. The van der Waals surface area contributed by atoms with Gasteiger partial charge in [0.05, 0.1) is 33.1 Å². The fraction of sp³-hybridized carbons (Fsp3) is 0. The molecule has 12 aromatic rings. The van der Waals surface area contributed by atoms with Gasteiger partial charge in [-0.2, -0.15) is 0 Å². The fourth-order valence-electron chi connectivity index (χ4n) is 8.78. The lowest BCUT2D eigenvalue weighted by molar-refractivity contribution is 0.669. The van der Waals surface area contributed by atoms with Crippen LogP contribution in [-0.4, -0.2) is 8.80 Å². The number of fused-ring (bicyclic) bond motifs is 12. The van der Waals surface area contributed by atoms with E-state index in [4.69, 9.17) is 4.42 Å². The Balaban J connectivity index is 1.19. The number of hydrogen-bond donors (Lipinski definition) is 0. The third-order valence-electron chi connectivity index (χ3n) is 11.0. The second kappa shape index (κ2) is 10.3. The molecule has 0 amide bonds. The first-order chi connectivity index (χ1) is 25.8. The Morgan fingerprint density at radius 2 is 0.885 bits per heavy atom. The highest BCUT2D eigenvalue weighted by Crippen LogP contribution is 2.45. The van der Waals surface area contributed by atoms with Gasteiger partial charge in [-0.15, -0.1) is 0 Å². The lowest BCUT2D eigenvalue weighted by Gasteiger charge is -2.26. The highest BCUT2D eigenvalue weighted by atomic mass is 16.3. The van der Waals surface area contributed by atoms with Crippen LogP contribution < -0.4 is 4.90 Å². The van der Waals surface area contributed by atoms with Crippen molar-refractivity contribution in [3.8, 4) is 11.1 Å². The van der Waals surface area contributed by atoms with Crippen LogP contribution in [0.15, 0.2) is 180 Å². The van der Waals surface area contributed by atoms with Crippen molar-refractivity contribution in [3.05, 3.63) is 176 Å². The van der Waals surface area contributed by atoms with Gasteiger partial charge in [0.25, 0.3) is 0 Å². The maximum atomic E-state index is 6.44. The molecule has 0 N–H and O–H groups in total. The Hall–Kier alpha value is -7.04. The molecule has 242 valence electrons. The maximum Gasteiger partial charge on any atom is 0.137 e. The van der Waals surface area contributed by atoms with Gasteiger partial charge in [-0.25, -0.2) is 0 Å². The zero-order valence-corrected chi connectivity index (χ0v) is 28.0. The minimum absolute atomic E-state index is 0.870. The van der Waals surface area contributed by atoms with Crippen molar-refractivity contribution in [1.29, 1.82) is 0 Å². The SMILES string of the molecule is c1ccc(-c2cccc(N(c3ccc4c(c3)oc3ccccc34)c3ccc4c(c3)n3c5ccccc5c5ccc6c7ccccc7n4c6c53)c2)cc1. The van der Waals surface area contributed by atoms with Crippen LogP contribution in [0.25, 0.3) is 87.7 Å². The van der Waals surface area contributed by atoms with E-state index in [2.05, 4.69) is 177 Å². The fourth-order valence-corrected chi connectivity index (χ4v) is 8.78. The van der Waals surface area contributed by atoms with E-state index in [-0.39, 0.29) is 0 Å². The lowest BCUT2D eigenvalue weighted by atomic mass is 10.0. The highest BCUT2D eigenvalue weighted by molar-refractivity contribution is 6.25. The van der Waals surface area contributed by atoms with Crippen molar-refractivity contribution in [3.63, 3.8) is 0 Å². The number of anilines is 3. The van der Waals surface area contributed by atoms with Gasteiger partial charge in [0.2, 0.25) is 0 Å². The Bertz CT molecular complexity index is 3360. The summed E-state index contributed by atoms with van der Waals surface area (Å²) in [6.45, 7) is 0. The zero-order chi connectivity index (χ0) is 33.9. The van der Waals surface area contributed by atoms with E-state index in [9.17, 15) is 0 Å². The number of hydrogen-bond acceptors (Lipinski definition) is 2. The quantitative estimate of drug-likeness (QED) is 0.175. The number of furan rings is 1. The van der Waals surface area contributed by atoms with E-state index in [1.54, 1.807) is 0 Å². The molecule has 0 saturated heterocycles. The summed E-state index contributed by atoms with van der Waals surface area (Å²) in [5.74, 6) is 0. The van der Waals surface area contributed by atoms with E-state index in [0.717, 1.165) is 44.5 Å². The molecule has 0 spiro atoms. The molecule has 0 unspecified atom stereocenters. The van der Waals surface area contributed by atoms with Gasteiger partial charge in [-0.05, 0) is 71.8 Å². The molecule has 4 aromatic heterocycles. The average molecular weight is 664 g/mol. The molecule has 0 aliphatic heterocycles. The standard InChI is InChI=1S/C48H29N3O/c1-2-11-30(12-3-1)31-13-10-14-32(27-31)49(34-21-23-38-37-17-6-9-20-45(37)52-46(38)29-34)33-22-26-43-44(28-33)51-42-19-8-5-16-36(42)40-25-24-39-35-15-4-7-18-41(35)50(43)47(39)48(40)51/h1-29H. The molecule has 4 heteroatoms. The smallest absolute Gasteiger partial charge is 0.137 e. The first-order valence-electron chi connectivity index (χ1n) is 17.8. The summed E-state index contributed by atoms with van der Waals surface area (Å²) >= 11 is 0. The summed E-state index contributed by atoms with van der Waals surface area (Å²) < 4.78 is 11.4. The molecule has 0 atom stereocenters. The Morgan fingerprint density at radius 3 is 1.65 bits per heavy atom. The van der Waals surface area contributed by atoms with Crippen LogP contribution in [0.4, 0.5) is 17.1 Å². The molecule has 0 saturated carbocycles. The van der Waals surface area contributed by atoms with Gasteiger partial charge in [0.1, 0.15) is 11.2 Å². The molecule has 4 nitrogen and oxygen atoms in total. The molecular weight excluding hydrogens is 635 g/mol. The zero-order valence-electron chi connectivity index (χ0n) is 28.0. The molecule has 0 aliphatic rings. The molecular formula is C48H29N3O. The molecule has 0 bridgehead atoms. The van der Waals surface area contributed by atoms with Crippen LogP contribution in [0.3, 0.4) is 0 Å². The van der Waals surface area contributed by atoms with E-state index in [1.807, 2.05) is 12.1 Å². The van der Waals surface area contributed by atoms with Crippen molar-refractivity contribution in [2.75, 3.05) is 4.90 Å². The summed E-state index contributed by atoms with van der Waals surface area (Å²) in [5, 5.41) is 7.32. The number of nitrogens with zero attached hydrogens (tertiary/aromatic N) is 3. The Kier molecular flexibility index (Phi) is 5.47. The Morgan fingerprint density at radius 1 is 0.327 bits per heavy atom. The number of para-hydroxylation sites is 3. The third-order valence-corrected chi connectivity index (χ3v) is 11.0. The number of rotatable bonds is 4. The molecule has 4 heterocycles. The minimum Gasteiger partial charge on any atom is -0.456 e.